The summed E-state index contributed by atoms with van der Waals surface area (Å²) in [6.45, 7) is 8.54. The van der Waals surface area contributed by atoms with Crippen molar-refractivity contribution >= 4 is 36.3 Å². The number of likely N-dealkylation sites (tertiary alicyclic amines) is 1. The van der Waals surface area contributed by atoms with Crippen LogP contribution >= 0.6 is 12.4 Å². The third-order valence-electron chi connectivity index (χ3n) is 6.51. The minimum Gasteiger partial charge on any atom is -0.442 e. The predicted octanol–water partition coefficient (Wildman–Crippen LogP) is 2.71. The van der Waals surface area contributed by atoms with E-state index >= 15 is 0 Å². The Kier molecular flexibility index (Phi) is 11.4. The first-order valence-electron chi connectivity index (χ1n) is 12.0. The molecule has 1 aliphatic heterocycles. The van der Waals surface area contributed by atoms with Gasteiger partial charge in [0.05, 0.1) is 0 Å². The maximum Gasteiger partial charge on any atom is 0.430 e. The molecule has 0 radical (unpaired) electrons. The number of nitrogens with one attached hydrogen (secondary N) is 2. The molecular weight excluding hydrogens is 460 g/mol. The first-order chi connectivity index (χ1) is 15.4. The van der Waals surface area contributed by atoms with E-state index in [0.717, 1.165) is 44.9 Å². The van der Waals surface area contributed by atoms with Gasteiger partial charge in [-0.15, -0.1) is 12.4 Å². The van der Waals surface area contributed by atoms with Crippen molar-refractivity contribution < 1.29 is 19.1 Å². The van der Waals surface area contributed by atoms with E-state index in [-0.39, 0.29) is 42.0 Å². The van der Waals surface area contributed by atoms with Crippen LogP contribution < -0.4 is 11.1 Å². The second kappa shape index (κ2) is 13.0. The standard InChI is InChI=1S/C23H42N6O4.ClH/c1-16(30)27(5)29(22(32)33-23(2,3)4)19(18-9-7-6-8-10-18)20(31)26-15-17-11-13-28(14-12-17)21(24)25;/h17-19H,6-15H2,1-5H3,(H3,24,25)(H,26,31);1H/t19-;/m0./s1. The lowest BCUT2D eigenvalue weighted by molar-refractivity contribution is -0.154. The molecular formula is C23H43ClN6O4. The van der Waals surface area contributed by atoms with Crippen LogP contribution in [0, 0.1) is 17.2 Å². The fourth-order valence-corrected chi connectivity index (χ4v) is 4.59. The summed E-state index contributed by atoms with van der Waals surface area (Å²) in [5, 5.41) is 13.1. The van der Waals surface area contributed by atoms with E-state index in [2.05, 4.69) is 5.32 Å². The average Bonchev–Trinajstić information content (AvgIpc) is 2.74. The van der Waals surface area contributed by atoms with Crippen LogP contribution in [0.4, 0.5) is 4.79 Å². The fourth-order valence-electron chi connectivity index (χ4n) is 4.59. The van der Waals surface area contributed by atoms with Gasteiger partial charge in [0.25, 0.3) is 0 Å². The second-order valence-electron chi connectivity index (χ2n) is 10.3. The second-order valence-corrected chi connectivity index (χ2v) is 10.3. The molecule has 196 valence electrons. The Morgan fingerprint density at radius 3 is 2.15 bits per heavy atom. The molecule has 0 aromatic rings. The van der Waals surface area contributed by atoms with Crippen molar-refractivity contribution in [3.63, 3.8) is 0 Å². The number of rotatable bonds is 5. The number of carbonyl (C=O) groups is 3. The predicted molar refractivity (Wildman–Crippen MR) is 133 cm³/mol. The number of hydrogen-bond donors (Lipinski definition) is 3. The summed E-state index contributed by atoms with van der Waals surface area (Å²) in [5.41, 5.74) is 4.81. The van der Waals surface area contributed by atoms with Crippen molar-refractivity contribution in [1.82, 2.24) is 20.2 Å². The molecule has 4 N–H and O–H groups in total. The highest BCUT2D eigenvalue weighted by atomic mass is 35.5. The first-order valence-corrected chi connectivity index (χ1v) is 12.0. The Bertz CT molecular complexity index is 715. The lowest BCUT2D eigenvalue weighted by Gasteiger charge is -2.42. The number of guanidine groups is 1. The lowest BCUT2D eigenvalue weighted by Crippen LogP contribution is -2.61. The number of nitrogens with zero attached hydrogens (tertiary/aromatic N) is 3. The van der Waals surface area contributed by atoms with Crippen LogP contribution in [0.15, 0.2) is 0 Å². The van der Waals surface area contributed by atoms with E-state index in [9.17, 15) is 14.4 Å². The molecule has 0 aromatic carbocycles. The summed E-state index contributed by atoms with van der Waals surface area (Å²) < 4.78 is 5.60. The van der Waals surface area contributed by atoms with Gasteiger partial charge in [-0.25, -0.2) is 9.80 Å². The Morgan fingerprint density at radius 1 is 1.12 bits per heavy atom. The van der Waals surface area contributed by atoms with Crippen LogP contribution in [0.1, 0.15) is 72.6 Å². The first kappa shape index (κ1) is 29.8. The molecule has 0 bridgehead atoms. The molecule has 1 atom stereocenters. The molecule has 1 saturated heterocycles. The minimum atomic E-state index is -0.814. The zero-order valence-electron chi connectivity index (χ0n) is 21.3. The molecule has 1 heterocycles. The van der Waals surface area contributed by atoms with Gasteiger partial charge in [0.15, 0.2) is 5.96 Å². The van der Waals surface area contributed by atoms with Crippen molar-refractivity contribution in [2.75, 3.05) is 26.7 Å². The van der Waals surface area contributed by atoms with Gasteiger partial charge < -0.3 is 20.7 Å². The maximum atomic E-state index is 13.5. The summed E-state index contributed by atoms with van der Waals surface area (Å²) in [6.07, 6.45) is 5.69. The molecule has 2 fully saturated rings. The van der Waals surface area contributed by atoms with Gasteiger partial charge in [-0.2, -0.15) is 0 Å². The van der Waals surface area contributed by atoms with E-state index in [4.69, 9.17) is 15.9 Å². The zero-order valence-corrected chi connectivity index (χ0v) is 22.1. The molecule has 11 heteroatoms. The fraction of sp³-hybridized carbons (Fsp3) is 0.826. The molecule has 0 unspecified atom stereocenters. The van der Waals surface area contributed by atoms with Crippen molar-refractivity contribution in [3.8, 4) is 0 Å². The minimum absolute atomic E-state index is 0. The molecule has 0 aromatic heterocycles. The van der Waals surface area contributed by atoms with Gasteiger partial charge in [0.2, 0.25) is 11.8 Å². The maximum absolute atomic E-state index is 13.5. The Morgan fingerprint density at radius 2 is 1.68 bits per heavy atom. The van der Waals surface area contributed by atoms with Crippen LogP contribution in [-0.2, 0) is 14.3 Å². The van der Waals surface area contributed by atoms with Crippen molar-refractivity contribution in [1.29, 1.82) is 5.41 Å². The van der Waals surface area contributed by atoms with Crippen molar-refractivity contribution in [2.24, 2.45) is 17.6 Å². The number of nitrogens with two attached hydrogens (primary N) is 1. The third-order valence-corrected chi connectivity index (χ3v) is 6.51. The van der Waals surface area contributed by atoms with Gasteiger partial charge in [-0.3, -0.25) is 20.0 Å². The summed E-state index contributed by atoms with van der Waals surface area (Å²) in [6, 6.07) is -0.814. The number of hydrazine groups is 1. The molecule has 2 rings (SSSR count). The van der Waals surface area contributed by atoms with Crippen LogP contribution in [0.3, 0.4) is 0 Å². The highest BCUT2D eigenvalue weighted by molar-refractivity contribution is 5.87. The number of hydrogen-bond acceptors (Lipinski definition) is 5. The summed E-state index contributed by atoms with van der Waals surface area (Å²) >= 11 is 0. The molecule has 0 spiro atoms. The average molecular weight is 503 g/mol. The van der Waals surface area contributed by atoms with E-state index in [1.165, 1.54) is 24.0 Å². The summed E-state index contributed by atoms with van der Waals surface area (Å²) in [7, 11) is 1.51. The van der Waals surface area contributed by atoms with E-state index in [1.807, 2.05) is 4.90 Å². The number of piperidine rings is 1. The Balaban J connectivity index is 0.00000578. The number of halogens is 1. The number of ether oxygens (including phenoxy) is 1. The number of amides is 3. The van der Waals surface area contributed by atoms with Crippen LogP contribution in [-0.4, -0.2) is 77.1 Å². The van der Waals surface area contributed by atoms with Crippen LogP contribution in [0.25, 0.3) is 0 Å². The van der Waals surface area contributed by atoms with Gasteiger partial charge in [0, 0.05) is 33.6 Å². The van der Waals surface area contributed by atoms with E-state index in [0.29, 0.717) is 19.6 Å². The Hall–Kier alpha value is -2.23. The molecule has 1 aliphatic carbocycles. The van der Waals surface area contributed by atoms with E-state index < -0.39 is 17.7 Å². The normalized spacial score (nSPS) is 18.3. The van der Waals surface area contributed by atoms with Gasteiger partial charge in [-0.1, -0.05) is 19.3 Å². The quantitative estimate of drug-likeness (QED) is 0.301. The van der Waals surface area contributed by atoms with E-state index in [1.54, 1.807) is 20.8 Å². The van der Waals surface area contributed by atoms with Gasteiger partial charge >= 0.3 is 6.09 Å². The number of carbonyl (C=O) groups excluding carboxylic acids is 3. The van der Waals surface area contributed by atoms with Crippen LogP contribution in [0.2, 0.25) is 0 Å². The Labute approximate surface area is 209 Å². The third kappa shape index (κ3) is 8.52. The van der Waals surface area contributed by atoms with Crippen molar-refractivity contribution in [3.05, 3.63) is 0 Å². The summed E-state index contributed by atoms with van der Waals surface area (Å²) in [4.78, 5) is 40.8. The molecule has 10 nitrogen and oxygen atoms in total. The van der Waals surface area contributed by atoms with Gasteiger partial charge in [0.1, 0.15) is 11.6 Å². The highest BCUT2D eigenvalue weighted by Gasteiger charge is 2.42. The lowest BCUT2D eigenvalue weighted by atomic mass is 9.83. The van der Waals surface area contributed by atoms with Gasteiger partial charge in [-0.05, 0) is 58.3 Å². The van der Waals surface area contributed by atoms with Crippen LogP contribution in [0.5, 0.6) is 0 Å². The van der Waals surface area contributed by atoms with Crippen molar-refractivity contribution in [2.45, 2.75) is 84.3 Å². The zero-order chi connectivity index (χ0) is 24.8. The molecule has 34 heavy (non-hydrogen) atoms. The summed E-state index contributed by atoms with van der Waals surface area (Å²) in [5.74, 6) is -0.291. The molecule has 2 aliphatic rings. The molecule has 1 saturated carbocycles. The highest BCUT2D eigenvalue weighted by Crippen LogP contribution is 2.31. The molecule has 3 amide bonds. The largest absolute Gasteiger partial charge is 0.442 e. The SMILES string of the molecule is CC(=O)N(C)N(C(=O)OC(C)(C)C)[C@H](C(=O)NCC1CCN(C(=N)N)CC1)C1CCCCC1.Cl. The topological polar surface area (TPSA) is 132 Å². The monoisotopic (exact) mass is 502 g/mol. The smallest absolute Gasteiger partial charge is 0.430 e.